The number of aliphatic hydroxyl groups is 2. The zero-order chi connectivity index (χ0) is 26.7. The number of allylic oxidation sites excluding steroid dienone is 1. The molecule has 0 amide bonds. The van der Waals surface area contributed by atoms with Crippen molar-refractivity contribution in [2.45, 2.75) is 97.8 Å². The summed E-state index contributed by atoms with van der Waals surface area (Å²) in [6.45, 7) is 16.0. The normalized spacial score (nSPS) is 44.3. The highest BCUT2D eigenvalue weighted by Crippen LogP contribution is 2.70. The minimum absolute atomic E-state index is 0.00407. The van der Waals surface area contributed by atoms with Crippen molar-refractivity contribution < 1.29 is 33.7 Å². The van der Waals surface area contributed by atoms with E-state index in [1.807, 2.05) is 20.8 Å². The Balaban J connectivity index is 2.13. The molecule has 0 bridgehead atoms. The van der Waals surface area contributed by atoms with E-state index in [0.717, 1.165) is 0 Å². The lowest BCUT2D eigenvalue weighted by Gasteiger charge is -2.64. The maximum absolute atomic E-state index is 17.7. The molecule has 3 fully saturated rings. The number of methoxy groups -OCH3 is 1. The van der Waals surface area contributed by atoms with Crippen molar-refractivity contribution in [2.75, 3.05) is 13.7 Å². The second-order valence-electron chi connectivity index (χ2n) is 12.4. The molecule has 3 rings (SSSR count). The number of alkyl halides is 1. The molecule has 0 aliphatic heterocycles. The lowest BCUT2D eigenvalue weighted by Crippen LogP contribution is -2.69. The first-order chi connectivity index (χ1) is 16.0. The molecule has 0 heterocycles. The molecule has 0 aromatic rings. The van der Waals surface area contributed by atoms with Gasteiger partial charge in [-0.1, -0.05) is 32.9 Å². The Labute approximate surface area is 209 Å². The van der Waals surface area contributed by atoms with Gasteiger partial charge >= 0.3 is 0 Å². The fourth-order valence-corrected chi connectivity index (χ4v) is 8.27. The van der Waals surface area contributed by atoms with Gasteiger partial charge in [0.25, 0.3) is 0 Å². The summed E-state index contributed by atoms with van der Waals surface area (Å²) in [5.41, 5.74) is -3.24. The van der Waals surface area contributed by atoms with Crippen LogP contribution < -0.4 is 0 Å². The highest BCUT2D eigenvalue weighted by Gasteiger charge is 2.74. The molecule has 3 aliphatic carbocycles. The summed E-state index contributed by atoms with van der Waals surface area (Å²) in [6, 6.07) is 0. The van der Waals surface area contributed by atoms with E-state index >= 15 is 4.39 Å². The van der Waals surface area contributed by atoms with Crippen LogP contribution in [-0.4, -0.2) is 59.2 Å². The molecule has 10 unspecified atom stereocenters. The molecule has 0 radical (unpaired) electrons. The Bertz CT molecular complexity index is 872. The summed E-state index contributed by atoms with van der Waals surface area (Å²) in [7, 11) is 1.53. The number of hydrogen-bond donors (Lipinski definition) is 2. The first-order valence-corrected chi connectivity index (χ1v) is 12.9. The number of aliphatic hydroxyl groups excluding tert-OH is 2. The average molecular weight is 497 g/mol. The van der Waals surface area contributed by atoms with Crippen LogP contribution in [0, 0.1) is 40.4 Å². The summed E-state index contributed by atoms with van der Waals surface area (Å²) >= 11 is 0. The Morgan fingerprint density at radius 1 is 1.20 bits per heavy atom. The zero-order valence-corrected chi connectivity index (χ0v) is 22.7. The summed E-state index contributed by atoms with van der Waals surface area (Å²) in [5, 5.41) is 21.4. The van der Waals surface area contributed by atoms with E-state index < -0.39 is 52.9 Å². The van der Waals surface area contributed by atoms with Gasteiger partial charge in [-0.3, -0.25) is 9.59 Å². The lowest BCUT2D eigenvalue weighted by atomic mass is 9.42. The van der Waals surface area contributed by atoms with E-state index in [9.17, 15) is 19.8 Å². The van der Waals surface area contributed by atoms with E-state index in [2.05, 4.69) is 6.58 Å². The molecule has 0 aromatic carbocycles. The Morgan fingerprint density at radius 3 is 2.29 bits per heavy atom. The molecule has 35 heavy (non-hydrogen) atoms. The van der Waals surface area contributed by atoms with Gasteiger partial charge in [-0.25, -0.2) is 4.39 Å². The monoisotopic (exact) mass is 496 g/mol. The molecule has 3 aliphatic rings. The number of ether oxygens (including phenoxy) is 2. The first-order valence-electron chi connectivity index (χ1n) is 12.9. The molecule has 7 heteroatoms. The van der Waals surface area contributed by atoms with Crippen molar-refractivity contribution >= 4 is 11.6 Å². The Kier molecular flexibility index (Phi) is 7.55. The van der Waals surface area contributed by atoms with E-state index in [0.29, 0.717) is 24.8 Å². The van der Waals surface area contributed by atoms with Crippen LogP contribution in [-0.2, 0) is 19.1 Å². The van der Waals surface area contributed by atoms with Gasteiger partial charge in [0.1, 0.15) is 18.1 Å². The number of carbonyl (C=O) groups excluding carboxylic acids is 2. The zero-order valence-electron chi connectivity index (χ0n) is 22.7. The third-order valence-electron chi connectivity index (χ3n) is 10.4. The minimum atomic E-state index is -2.01. The van der Waals surface area contributed by atoms with Gasteiger partial charge < -0.3 is 19.7 Å². The van der Waals surface area contributed by atoms with Crippen molar-refractivity contribution in [3.8, 4) is 0 Å². The van der Waals surface area contributed by atoms with Crippen molar-refractivity contribution in [2.24, 2.45) is 40.4 Å². The van der Waals surface area contributed by atoms with Crippen LogP contribution in [0.25, 0.3) is 0 Å². The molecule has 0 aromatic heterocycles. The summed E-state index contributed by atoms with van der Waals surface area (Å²) < 4.78 is 29.4. The fraction of sp³-hybridized carbons (Fsp3) is 0.857. The molecule has 0 spiro atoms. The van der Waals surface area contributed by atoms with Gasteiger partial charge in [0.2, 0.25) is 0 Å². The summed E-state index contributed by atoms with van der Waals surface area (Å²) in [4.78, 5) is 25.4. The second kappa shape index (κ2) is 9.30. The Morgan fingerprint density at radius 2 is 1.80 bits per heavy atom. The van der Waals surface area contributed by atoms with Crippen molar-refractivity contribution in [1.82, 2.24) is 0 Å². The predicted octanol–water partition coefficient (Wildman–Crippen LogP) is 4.26. The van der Waals surface area contributed by atoms with Gasteiger partial charge in [-0.05, 0) is 76.5 Å². The van der Waals surface area contributed by atoms with E-state index in [1.54, 1.807) is 20.8 Å². The standard InChI is InChI=1S/C28H45FO6/c1-15(2)27(8)18(16(3)17(4)31)10-11-19-20-12-22(35-25(5,6)34-9)24(21(32)14-30)26(20,7)13-23(33)28(19,27)29/h16,18-20,22-24,30,33H,1,10-14H2,2-9H3. The third-order valence-corrected chi connectivity index (χ3v) is 10.4. The number of carbonyl (C=O) groups is 2. The lowest BCUT2D eigenvalue weighted by molar-refractivity contribution is -0.235. The van der Waals surface area contributed by atoms with Crippen molar-refractivity contribution in [3.05, 3.63) is 12.2 Å². The van der Waals surface area contributed by atoms with Crippen LogP contribution in [0.1, 0.15) is 74.1 Å². The second-order valence-corrected chi connectivity index (χ2v) is 12.4. The van der Waals surface area contributed by atoms with Crippen LogP contribution >= 0.6 is 0 Å². The molecule has 200 valence electrons. The number of Topliss-reactive ketones (excluding diaryl/α,β-unsaturated/α-hetero) is 2. The minimum Gasteiger partial charge on any atom is -0.390 e. The topological polar surface area (TPSA) is 93.1 Å². The van der Waals surface area contributed by atoms with Crippen LogP contribution in [0.2, 0.25) is 0 Å². The Hall–Kier alpha value is -1.15. The average Bonchev–Trinajstić information content (AvgIpc) is 3.04. The molecular formula is C28H45FO6. The smallest absolute Gasteiger partial charge is 0.164 e. The van der Waals surface area contributed by atoms with Gasteiger partial charge in [-0.15, -0.1) is 0 Å². The molecule has 2 N–H and O–H groups in total. The fourth-order valence-electron chi connectivity index (χ4n) is 8.27. The van der Waals surface area contributed by atoms with E-state index in [4.69, 9.17) is 9.47 Å². The maximum Gasteiger partial charge on any atom is 0.164 e. The molecule has 3 saturated carbocycles. The summed E-state index contributed by atoms with van der Waals surface area (Å²) in [5.74, 6) is -3.44. The highest BCUT2D eigenvalue weighted by molar-refractivity contribution is 5.84. The highest BCUT2D eigenvalue weighted by atomic mass is 19.1. The van der Waals surface area contributed by atoms with Gasteiger partial charge in [-0.2, -0.15) is 0 Å². The molecule has 6 nitrogen and oxygen atoms in total. The van der Waals surface area contributed by atoms with Crippen LogP contribution in [0.5, 0.6) is 0 Å². The van der Waals surface area contributed by atoms with Gasteiger partial charge in [0.15, 0.2) is 11.6 Å². The molecule has 0 saturated heterocycles. The largest absolute Gasteiger partial charge is 0.390 e. The number of ketones is 2. The maximum atomic E-state index is 17.7. The molecular weight excluding hydrogens is 451 g/mol. The quantitative estimate of drug-likeness (QED) is 0.385. The van der Waals surface area contributed by atoms with Gasteiger partial charge in [0, 0.05) is 18.4 Å². The predicted molar refractivity (Wildman–Crippen MR) is 131 cm³/mol. The van der Waals surface area contributed by atoms with Crippen LogP contribution in [0.15, 0.2) is 12.2 Å². The van der Waals surface area contributed by atoms with Crippen molar-refractivity contribution in [1.29, 1.82) is 0 Å². The van der Waals surface area contributed by atoms with Crippen LogP contribution in [0.3, 0.4) is 0 Å². The van der Waals surface area contributed by atoms with Crippen molar-refractivity contribution in [3.63, 3.8) is 0 Å². The number of fused-ring (bicyclic) bond motifs is 3. The SMILES string of the molecule is C=C(C)C1(C)C(C(C)C(C)=O)CCC2C3CC(OC(C)(C)OC)C(C(=O)CO)C3(C)CC(O)C21F. The van der Waals surface area contributed by atoms with Crippen LogP contribution in [0.4, 0.5) is 4.39 Å². The number of hydrogen-bond acceptors (Lipinski definition) is 6. The third kappa shape index (κ3) is 4.05. The first kappa shape index (κ1) is 28.4. The van der Waals surface area contributed by atoms with Gasteiger partial charge in [0.05, 0.1) is 18.1 Å². The van der Waals surface area contributed by atoms with E-state index in [1.165, 1.54) is 14.0 Å². The molecule has 10 atom stereocenters. The number of rotatable bonds is 8. The summed E-state index contributed by atoms with van der Waals surface area (Å²) in [6.07, 6.45) is -0.285. The number of halogens is 1. The van der Waals surface area contributed by atoms with E-state index in [-0.39, 0.29) is 35.7 Å².